The summed E-state index contributed by atoms with van der Waals surface area (Å²) in [5.41, 5.74) is 0. The summed E-state index contributed by atoms with van der Waals surface area (Å²) in [6.07, 6.45) is 46.3. The Balaban J connectivity index is 4.45. The van der Waals surface area contributed by atoms with E-state index in [9.17, 15) is 19.8 Å². The van der Waals surface area contributed by atoms with Crippen molar-refractivity contribution < 1.29 is 48.2 Å². The van der Waals surface area contributed by atoms with Gasteiger partial charge in [0.1, 0.15) is 0 Å². The summed E-state index contributed by atoms with van der Waals surface area (Å²) in [4.78, 5) is 27.7. The maximum atomic E-state index is 12.6. The molecule has 1 atom stereocenters. The van der Waals surface area contributed by atoms with Crippen LogP contribution in [0.5, 0.6) is 0 Å². The molecule has 0 unspecified atom stereocenters. The van der Waals surface area contributed by atoms with E-state index < -0.39 is 6.10 Å². The van der Waals surface area contributed by atoms with E-state index in [0.717, 1.165) is 187 Å². The van der Waals surface area contributed by atoms with Crippen LogP contribution in [0.15, 0.2) is 48.6 Å². The van der Waals surface area contributed by atoms with E-state index >= 15 is 0 Å². The highest BCUT2D eigenvalue weighted by atomic mass is 16.7. The lowest BCUT2D eigenvalue weighted by Crippen LogP contribution is -2.30. The number of carbonyl (C=O) groups excluding carboxylic acids is 2. The third kappa shape index (κ3) is 50.6. The molecule has 0 rings (SSSR count). The van der Waals surface area contributed by atoms with Crippen molar-refractivity contribution in [3.63, 3.8) is 0 Å². The average molecular weight is 993 g/mol. The van der Waals surface area contributed by atoms with Crippen LogP contribution in [-0.4, -0.2) is 112 Å². The van der Waals surface area contributed by atoms with Crippen molar-refractivity contribution in [2.45, 2.75) is 252 Å². The van der Waals surface area contributed by atoms with Crippen LogP contribution in [0.4, 0.5) is 0 Å². The van der Waals surface area contributed by atoms with E-state index in [4.69, 9.17) is 28.4 Å². The van der Waals surface area contributed by atoms with Gasteiger partial charge in [-0.2, -0.15) is 0 Å². The quantitative estimate of drug-likeness (QED) is 0.0261. The smallest absolute Gasteiger partial charge is 0.305 e. The first-order valence-electron chi connectivity index (χ1n) is 28.8. The summed E-state index contributed by atoms with van der Waals surface area (Å²) >= 11 is 0. The fourth-order valence-electron chi connectivity index (χ4n) is 7.77. The standard InChI is InChI=1S/C59H109NO10/c1-5-9-13-17-25-35-51-67-58(68-52-36-26-18-14-10-6-2)41-39-56(63)65-49-33-29-21-23-31-45-60(47-43-55(62)44-48-61)46-32-24-22-30-34-50-66-57(64)40-42-59(69-53-37-27-19-15-11-7-3)70-54-38-28-20-16-12-8-4/h9-16,55,58-59,61-62H,5-8,17-54H2,1-4H3/b13-9-,14-10-,15-11-,16-12-/t55-/m1/s1. The molecule has 0 radical (unpaired) electrons. The van der Waals surface area contributed by atoms with Gasteiger partial charge in [0.2, 0.25) is 0 Å². The molecular formula is C59H109NO10. The Bertz CT molecular complexity index is 1090. The Kier molecular flexibility index (Phi) is 54.0. The minimum Gasteiger partial charge on any atom is -0.466 e. The van der Waals surface area contributed by atoms with Crippen LogP contribution in [0.1, 0.15) is 233 Å². The van der Waals surface area contributed by atoms with E-state index in [-0.39, 0.29) is 31.1 Å². The molecule has 0 aliphatic heterocycles. The van der Waals surface area contributed by atoms with Crippen molar-refractivity contribution >= 4 is 11.9 Å². The van der Waals surface area contributed by atoms with Crippen LogP contribution in [0.25, 0.3) is 0 Å². The molecule has 0 bridgehead atoms. The Morgan fingerprint density at radius 3 is 1.07 bits per heavy atom. The van der Waals surface area contributed by atoms with E-state index in [1.807, 2.05) is 0 Å². The molecule has 0 aromatic rings. The van der Waals surface area contributed by atoms with Gasteiger partial charge in [0.15, 0.2) is 12.6 Å². The van der Waals surface area contributed by atoms with Gasteiger partial charge in [0, 0.05) is 52.4 Å². The third-order valence-electron chi connectivity index (χ3n) is 12.1. The molecule has 0 aliphatic carbocycles. The second-order valence-electron chi connectivity index (χ2n) is 18.7. The number of hydrogen-bond donors (Lipinski definition) is 2. The van der Waals surface area contributed by atoms with E-state index in [1.165, 1.54) is 0 Å². The van der Waals surface area contributed by atoms with Crippen LogP contribution in [0, 0.1) is 0 Å². The summed E-state index contributed by atoms with van der Waals surface area (Å²) in [6, 6.07) is 0. The molecule has 410 valence electrons. The lowest BCUT2D eigenvalue weighted by atomic mass is 10.1. The SMILES string of the molecule is CC/C=C\CCCCOC(CCC(=O)OCCCCCCCN(CCCCCCCOC(=O)CCC(OCCCC/C=C\CC)OCCCC/C=C\CC)CC[C@@H](O)CCO)OCCCC/C=C\CC. The zero-order valence-electron chi connectivity index (χ0n) is 45.7. The van der Waals surface area contributed by atoms with Gasteiger partial charge in [-0.05, 0) is 154 Å². The Hall–Kier alpha value is -2.38. The molecule has 0 fully saturated rings. The number of carbonyl (C=O) groups is 2. The predicted molar refractivity (Wildman–Crippen MR) is 290 cm³/mol. The van der Waals surface area contributed by atoms with Gasteiger partial charge in [-0.3, -0.25) is 9.59 Å². The average Bonchev–Trinajstić information content (AvgIpc) is 3.36. The molecule has 0 aromatic heterocycles. The fourth-order valence-corrected chi connectivity index (χ4v) is 7.77. The van der Waals surface area contributed by atoms with Crippen molar-refractivity contribution in [1.29, 1.82) is 0 Å². The number of allylic oxidation sites excluding steroid dienone is 8. The number of ether oxygens (including phenoxy) is 6. The summed E-state index contributed by atoms with van der Waals surface area (Å²) in [5, 5.41) is 19.6. The molecule has 0 saturated carbocycles. The van der Waals surface area contributed by atoms with Gasteiger partial charge in [0.25, 0.3) is 0 Å². The Morgan fingerprint density at radius 1 is 0.400 bits per heavy atom. The second-order valence-corrected chi connectivity index (χ2v) is 18.7. The van der Waals surface area contributed by atoms with Crippen LogP contribution in [-0.2, 0) is 38.0 Å². The molecule has 0 spiro atoms. The lowest BCUT2D eigenvalue weighted by Gasteiger charge is -2.23. The molecule has 2 N–H and O–H groups in total. The van der Waals surface area contributed by atoms with Crippen LogP contribution in [0.3, 0.4) is 0 Å². The first-order chi connectivity index (χ1) is 34.4. The third-order valence-corrected chi connectivity index (χ3v) is 12.1. The number of aliphatic hydroxyl groups excluding tert-OH is 2. The number of nitrogens with zero attached hydrogens (tertiary/aromatic N) is 1. The highest BCUT2D eigenvalue weighted by molar-refractivity contribution is 5.69. The molecule has 0 saturated heterocycles. The number of hydrogen-bond acceptors (Lipinski definition) is 11. The number of unbranched alkanes of at least 4 members (excludes halogenated alkanes) is 16. The molecule has 11 heteroatoms. The van der Waals surface area contributed by atoms with Crippen LogP contribution < -0.4 is 0 Å². The van der Waals surface area contributed by atoms with E-state index in [0.29, 0.717) is 78.2 Å². The molecule has 11 nitrogen and oxygen atoms in total. The summed E-state index contributed by atoms with van der Waals surface area (Å²) in [5.74, 6) is -0.370. The number of esters is 2. The highest BCUT2D eigenvalue weighted by Crippen LogP contribution is 2.14. The number of rotatable bonds is 55. The normalized spacial score (nSPS) is 12.7. The summed E-state index contributed by atoms with van der Waals surface area (Å²) < 4.78 is 35.4. The maximum Gasteiger partial charge on any atom is 0.305 e. The summed E-state index contributed by atoms with van der Waals surface area (Å²) in [6.45, 7) is 14.8. The van der Waals surface area contributed by atoms with Crippen molar-refractivity contribution in [1.82, 2.24) is 4.90 Å². The Labute approximate surface area is 430 Å². The first-order valence-corrected chi connectivity index (χ1v) is 28.8. The topological polar surface area (TPSA) is 133 Å². The van der Waals surface area contributed by atoms with Gasteiger partial charge < -0.3 is 43.5 Å². The zero-order chi connectivity index (χ0) is 51.1. The van der Waals surface area contributed by atoms with Gasteiger partial charge in [-0.1, -0.05) is 115 Å². The van der Waals surface area contributed by atoms with Crippen LogP contribution >= 0.6 is 0 Å². The van der Waals surface area contributed by atoms with E-state index in [1.54, 1.807) is 0 Å². The monoisotopic (exact) mass is 992 g/mol. The zero-order valence-corrected chi connectivity index (χ0v) is 45.7. The maximum absolute atomic E-state index is 12.6. The van der Waals surface area contributed by atoms with Crippen LogP contribution in [0.2, 0.25) is 0 Å². The van der Waals surface area contributed by atoms with Gasteiger partial charge in [-0.15, -0.1) is 0 Å². The molecule has 0 heterocycles. The Morgan fingerprint density at radius 2 is 0.729 bits per heavy atom. The van der Waals surface area contributed by atoms with Crippen molar-refractivity contribution in [2.75, 3.05) is 65.9 Å². The van der Waals surface area contributed by atoms with Crippen molar-refractivity contribution in [2.24, 2.45) is 0 Å². The second kappa shape index (κ2) is 55.9. The van der Waals surface area contributed by atoms with Crippen molar-refractivity contribution in [3.8, 4) is 0 Å². The van der Waals surface area contributed by atoms with Gasteiger partial charge in [0.05, 0.1) is 32.2 Å². The highest BCUT2D eigenvalue weighted by Gasteiger charge is 2.15. The largest absolute Gasteiger partial charge is 0.466 e. The molecular weight excluding hydrogens is 883 g/mol. The minimum atomic E-state index is -0.480. The molecule has 0 aromatic carbocycles. The minimum absolute atomic E-state index is 0.00297. The molecule has 0 aliphatic rings. The molecule has 70 heavy (non-hydrogen) atoms. The van der Waals surface area contributed by atoms with Gasteiger partial charge in [-0.25, -0.2) is 0 Å². The number of aliphatic hydroxyl groups is 2. The van der Waals surface area contributed by atoms with Gasteiger partial charge >= 0.3 is 11.9 Å². The predicted octanol–water partition coefficient (Wildman–Crippen LogP) is 14.2. The first kappa shape index (κ1) is 67.6. The van der Waals surface area contributed by atoms with E-state index in [2.05, 4.69) is 81.2 Å². The fraction of sp³-hybridized carbons (Fsp3) is 0.831. The lowest BCUT2D eigenvalue weighted by molar-refractivity contribution is -0.159. The summed E-state index contributed by atoms with van der Waals surface area (Å²) in [7, 11) is 0. The van der Waals surface area contributed by atoms with Crippen molar-refractivity contribution in [3.05, 3.63) is 48.6 Å². The molecule has 0 amide bonds.